The molecule has 0 radical (unpaired) electrons. The summed E-state index contributed by atoms with van der Waals surface area (Å²) in [7, 11) is 0. The fourth-order valence-electron chi connectivity index (χ4n) is 1.76. The molecule has 1 aromatic heterocycles. The first-order valence-corrected chi connectivity index (χ1v) is 6.06. The van der Waals surface area contributed by atoms with Crippen molar-refractivity contribution in [1.82, 2.24) is 9.97 Å². The Kier molecular flexibility index (Phi) is 3.07. The summed E-state index contributed by atoms with van der Waals surface area (Å²) in [6, 6.07) is 9.81. The van der Waals surface area contributed by atoms with E-state index in [2.05, 4.69) is 9.97 Å². The summed E-state index contributed by atoms with van der Waals surface area (Å²) in [4.78, 5) is 19.5. The molecule has 94 valence electrons. The van der Waals surface area contributed by atoms with Gasteiger partial charge in [0, 0.05) is 16.5 Å². The lowest BCUT2D eigenvalue weighted by atomic mass is 9.95. The van der Waals surface area contributed by atoms with Crippen LogP contribution in [0.5, 0.6) is 0 Å². The summed E-state index contributed by atoms with van der Waals surface area (Å²) in [6.07, 6.45) is 0. The molecule has 0 fully saturated rings. The van der Waals surface area contributed by atoms with Gasteiger partial charge in [-0.2, -0.15) is 0 Å². The molecular weight excluding hydrogens is 224 g/mol. The highest BCUT2D eigenvalue weighted by molar-refractivity contribution is 5.62. The van der Waals surface area contributed by atoms with Gasteiger partial charge in [0.25, 0.3) is 5.56 Å². The highest BCUT2D eigenvalue weighted by Crippen LogP contribution is 2.22. The van der Waals surface area contributed by atoms with E-state index >= 15 is 0 Å². The van der Waals surface area contributed by atoms with Crippen molar-refractivity contribution < 1.29 is 0 Å². The van der Waals surface area contributed by atoms with E-state index in [9.17, 15) is 4.79 Å². The van der Waals surface area contributed by atoms with Crippen molar-refractivity contribution in [3.05, 3.63) is 52.1 Å². The zero-order valence-corrected chi connectivity index (χ0v) is 11.2. The SMILES string of the molecule is Cc1c(-c2ccccc2)nc(C(C)(C)C)[nH]c1=O. The van der Waals surface area contributed by atoms with Gasteiger partial charge in [-0.3, -0.25) is 4.79 Å². The minimum absolute atomic E-state index is 0.0613. The summed E-state index contributed by atoms with van der Waals surface area (Å²) in [5.74, 6) is 0.719. The molecule has 0 saturated heterocycles. The Balaban J connectivity index is 2.68. The summed E-state index contributed by atoms with van der Waals surface area (Å²) >= 11 is 0. The van der Waals surface area contributed by atoms with Crippen LogP contribution in [0.4, 0.5) is 0 Å². The highest BCUT2D eigenvalue weighted by atomic mass is 16.1. The minimum atomic E-state index is -0.170. The lowest BCUT2D eigenvalue weighted by Crippen LogP contribution is -2.24. The monoisotopic (exact) mass is 242 g/mol. The van der Waals surface area contributed by atoms with Crippen LogP contribution >= 0.6 is 0 Å². The van der Waals surface area contributed by atoms with E-state index < -0.39 is 0 Å². The molecule has 0 atom stereocenters. The molecular formula is C15H18N2O. The second-order valence-corrected chi connectivity index (χ2v) is 5.50. The molecule has 2 rings (SSSR count). The van der Waals surface area contributed by atoms with E-state index in [1.54, 1.807) is 6.92 Å². The Bertz CT molecular complexity index is 607. The maximum absolute atomic E-state index is 12.0. The van der Waals surface area contributed by atoms with E-state index in [0.29, 0.717) is 5.56 Å². The molecule has 2 aromatic rings. The number of hydrogen-bond acceptors (Lipinski definition) is 2. The standard InChI is InChI=1S/C15H18N2O/c1-10-12(11-8-6-5-7-9-11)16-14(15(2,3)4)17-13(10)18/h5-9H,1-4H3,(H,16,17,18). The Morgan fingerprint density at radius 1 is 1.11 bits per heavy atom. The van der Waals surface area contributed by atoms with Crippen LogP contribution in [0, 0.1) is 6.92 Å². The maximum atomic E-state index is 12.0. The molecule has 0 spiro atoms. The van der Waals surface area contributed by atoms with Crippen LogP contribution in [-0.4, -0.2) is 9.97 Å². The van der Waals surface area contributed by atoms with Crippen LogP contribution in [0.1, 0.15) is 32.2 Å². The fourth-order valence-corrected chi connectivity index (χ4v) is 1.76. The van der Waals surface area contributed by atoms with Crippen LogP contribution in [-0.2, 0) is 5.41 Å². The maximum Gasteiger partial charge on any atom is 0.254 e. The van der Waals surface area contributed by atoms with Gasteiger partial charge < -0.3 is 4.98 Å². The molecule has 0 aliphatic heterocycles. The number of hydrogen-bond donors (Lipinski definition) is 1. The third-order valence-electron chi connectivity index (χ3n) is 2.91. The van der Waals surface area contributed by atoms with E-state index in [-0.39, 0.29) is 11.0 Å². The number of H-pyrrole nitrogens is 1. The van der Waals surface area contributed by atoms with Gasteiger partial charge in [0.15, 0.2) is 0 Å². The van der Waals surface area contributed by atoms with Crippen LogP contribution in [0.2, 0.25) is 0 Å². The zero-order valence-electron chi connectivity index (χ0n) is 11.2. The summed E-state index contributed by atoms with van der Waals surface area (Å²) < 4.78 is 0. The van der Waals surface area contributed by atoms with Crippen LogP contribution in [0.3, 0.4) is 0 Å². The minimum Gasteiger partial charge on any atom is -0.310 e. The van der Waals surface area contributed by atoms with E-state index in [1.165, 1.54) is 0 Å². The predicted molar refractivity (Wildman–Crippen MR) is 73.7 cm³/mol. The third kappa shape index (κ3) is 2.35. The molecule has 0 unspecified atom stereocenters. The van der Waals surface area contributed by atoms with E-state index in [4.69, 9.17) is 0 Å². The number of nitrogens with one attached hydrogen (secondary N) is 1. The Labute approximate surface area is 107 Å². The smallest absolute Gasteiger partial charge is 0.254 e. The number of aromatic amines is 1. The average Bonchev–Trinajstić information content (AvgIpc) is 2.32. The molecule has 18 heavy (non-hydrogen) atoms. The lowest BCUT2D eigenvalue weighted by Gasteiger charge is -2.18. The molecule has 0 aliphatic carbocycles. The highest BCUT2D eigenvalue weighted by Gasteiger charge is 2.19. The van der Waals surface area contributed by atoms with Gasteiger partial charge in [0.05, 0.1) is 5.69 Å². The number of benzene rings is 1. The molecule has 1 heterocycles. The quantitative estimate of drug-likeness (QED) is 0.835. The van der Waals surface area contributed by atoms with Crippen molar-refractivity contribution >= 4 is 0 Å². The van der Waals surface area contributed by atoms with Crippen molar-refractivity contribution in [3.8, 4) is 11.3 Å². The first kappa shape index (κ1) is 12.6. The fraction of sp³-hybridized carbons (Fsp3) is 0.333. The molecule has 1 N–H and O–H groups in total. The van der Waals surface area contributed by atoms with Gasteiger partial charge in [0.1, 0.15) is 5.82 Å². The largest absolute Gasteiger partial charge is 0.310 e. The van der Waals surface area contributed by atoms with Gasteiger partial charge in [-0.05, 0) is 6.92 Å². The van der Waals surface area contributed by atoms with E-state index in [0.717, 1.165) is 17.1 Å². The molecule has 0 aliphatic rings. The van der Waals surface area contributed by atoms with Gasteiger partial charge in [0.2, 0.25) is 0 Å². The molecule has 3 heteroatoms. The van der Waals surface area contributed by atoms with Crippen molar-refractivity contribution in [2.24, 2.45) is 0 Å². The Morgan fingerprint density at radius 2 is 1.72 bits per heavy atom. The average molecular weight is 242 g/mol. The lowest BCUT2D eigenvalue weighted by molar-refractivity contribution is 0.542. The normalized spacial score (nSPS) is 11.6. The topological polar surface area (TPSA) is 45.8 Å². The van der Waals surface area contributed by atoms with Crippen molar-refractivity contribution in [2.75, 3.05) is 0 Å². The molecule has 1 aromatic carbocycles. The van der Waals surface area contributed by atoms with E-state index in [1.807, 2.05) is 51.1 Å². The first-order valence-electron chi connectivity index (χ1n) is 6.06. The second kappa shape index (κ2) is 4.41. The summed E-state index contributed by atoms with van der Waals surface area (Å²) in [6.45, 7) is 7.92. The van der Waals surface area contributed by atoms with Gasteiger partial charge >= 0.3 is 0 Å². The van der Waals surface area contributed by atoms with Gasteiger partial charge in [-0.1, -0.05) is 51.1 Å². The number of rotatable bonds is 1. The first-order chi connectivity index (χ1) is 8.39. The molecule has 0 saturated carbocycles. The van der Waals surface area contributed by atoms with Crippen molar-refractivity contribution in [1.29, 1.82) is 0 Å². The van der Waals surface area contributed by atoms with Gasteiger partial charge in [-0.25, -0.2) is 4.98 Å². The summed E-state index contributed by atoms with van der Waals surface area (Å²) in [5, 5.41) is 0. The van der Waals surface area contributed by atoms with Crippen LogP contribution in [0.15, 0.2) is 35.1 Å². The Hall–Kier alpha value is -1.90. The zero-order chi connectivity index (χ0) is 13.3. The predicted octanol–water partition coefficient (Wildman–Crippen LogP) is 3.04. The third-order valence-corrected chi connectivity index (χ3v) is 2.91. The van der Waals surface area contributed by atoms with Crippen LogP contribution < -0.4 is 5.56 Å². The van der Waals surface area contributed by atoms with Crippen LogP contribution in [0.25, 0.3) is 11.3 Å². The molecule has 3 nitrogen and oxygen atoms in total. The van der Waals surface area contributed by atoms with Gasteiger partial charge in [-0.15, -0.1) is 0 Å². The van der Waals surface area contributed by atoms with Crippen molar-refractivity contribution in [3.63, 3.8) is 0 Å². The molecule has 0 amide bonds. The number of nitrogens with zero attached hydrogens (tertiary/aromatic N) is 1. The number of aromatic nitrogens is 2. The second-order valence-electron chi connectivity index (χ2n) is 5.50. The summed E-state index contributed by atoms with van der Waals surface area (Å²) in [5.41, 5.74) is 2.18. The van der Waals surface area contributed by atoms with Crippen molar-refractivity contribution in [2.45, 2.75) is 33.1 Å². The molecule has 0 bridgehead atoms. The Morgan fingerprint density at radius 3 is 2.28 bits per heavy atom.